The number of aromatic nitrogens is 1. The maximum Gasteiger partial charge on any atom is 0.254 e. The van der Waals surface area contributed by atoms with Crippen LogP contribution in [-0.2, 0) is 0 Å². The summed E-state index contributed by atoms with van der Waals surface area (Å²) in [7, 11) is 0. The topological polar surface area (TPSA) is 77.2 Å². The molecule has 0 spiro atoms. The highest BCUT2D eigenvalue weighted by Gasteiger charge is 2.20. The van der Waals surface area contributed by atoms with E-state index in [1.54, 1.807) is 6.07 Å². The molecule has 1 aliphatic rings. The maximum atomic E-state index is 11.5. The largest absolute Gasteiger partial charge is 0.472 e. The number of pyridine rings is 1. The zero-order valence-corrected chi connectivity index (χ0v) is 10.4. The molecule has 3 rings (SSSR count). The summed E-state index contributed by atoms with van der Waals surface area (Å²) in [5.74, 6) is -0.181. The molecule has 1 atom stereocenters. The zero-order chi connectivity index (χ0) is 13.2. The van der Waals surface area contributed by atoms with Gasteiger partial charge in [0.1, 0.15) is 11.7 Å². The normalized spacial score (nSPS) is 18.6. The molecule has 2 aromatic rings. The molecule has 1 aromatic heterocycles. The van der Waals surface area contributed by atoms with Crippen LogP contribution in [0.1, 0.15) is 16.8 Å². The highest BCUT2D eigenvalue weighted by molar-refractivity contribution is 5.98. The standard InChI is InChI=1S/C14H15N3O2/c15-13(18)11-7-9-3-1-2-4-12(9)17-14(11)19-10-5-6-16-8-10/h1-4,7,10,16H,5-6,8H2,(H2,15,18). The van der Waals surface area contributed by atoms with Gasteiger partial charge in [-0.25, -0.2) is 4.98 Å². The lowest BCUT2D eigenvalue weighted by molar-refractivity contribution is 0.0992. The highest BCUT2D eigenvalue weighted by Crippen LogP contribution is 2.23. The fourth-order valence-corrected chi connectivity index (χ4v) is 2.25. The van der Waals surface area contributed by atoms with Gasteiger partial charge in [-0.15, -0.1) is 0 Å². The Bertz CT molecular complexity index is 621. The van der Waals surface area contributed by atoms with Gasteiger partial charge in [0.2, 0.25) is 5.88 Å². The van der Waals surface area contributed by atoms with Gasteiger partial charge in [-0.2, -0.15) is 0 Å². The summed E-state index contributed by atoms with van der Waals surface area (Å²) in [5.41, 5.74) is 6.54. The van der Waals surface area contributed by atoms with E-state index in [4.69, 9.17) is 10.5 Å². The summed E-state index contributed by atoms with van der Waals surface area (Å²) >= 11 is 0. The first kappa shape index (κ1) is 11.9. The van der Waals surface area contributed by atoms with Crippen LogP contribution in [0.25, 0.3) is 10.9 Å². The van der Waals surface area contributed by atoms with Crippen LogP contribution in [0.3, 0.4) is 0 Å². The van der Waals surface area contributed by atoms with Gasteiger partial charge in [-0.1, -0.05) is 18.2 Å². The van der Waals surface area contributed by atoms with E-state index in [1.165, 1.54) is 0 Å². The molecule has 5 heteroatoms. The number of primary amides is 1. The number of carbonyl (C=O) groups excluding carboxylic acids is 1. The van der Waals surface area contributed by atoms with Crippen molar-refractivity contribution in [3.05, 3.63) is 35.9 Å². The average molecular weight is 257 g/mol. The molecule has 19 heavy (non-hydrogen) atoms. The maximum absolute atomic E-state index is 11.5. The summed E-state index contributed by atoms with van der Waals surface area (Å²) < 4.78 is 5.80. The zero-order valence-electron chi connectivity index (χ0n) is 10.4. The molecule has 0 bridgehead atoms. The van der Waals surface area contributed by atoms with Crippen molar-refractivity contribution in [1.82, 2.24) is 10.3 Å². The van der Waals surface area contributed by atoms with Crippen LogP contribution >= 0.6 is 0 Å². The fourth-order valence-electron chi connectivity index (χ4n) is 2.25. The van der Waals surface area contributed by atoms with Crippen LogP contribution in [0.4, 0.5) is 0 Å². The van der Waals surface area contributed by atoms with Crippen molar-refractivity contribution in [3.63, 3.8) is 0 Å². The van der Waals surface area contributed by atoms with Crippen LogP contribution in [-0.4, -0.2) is 30.1 Å². The third-order valence-electron chi connectivity index (χ3n) is 3.25. The van der Waals surface area contributed by atoms with Gasteiger partial charge in [0, 0.05) is 11.9 Å². The van der Waals surface area contributed by atoms with Gasteiger partial charge in [-0.05, 0) is 25.1 Å². The minimum absolute atomic E-state index is 0.0479. The number of carbonyl (C=O) groups is 1. The summed E-state index contributed by atoms with van der Waals surface area (Å²) in [4.78, 5) is 15.9. The molecule has 1 aromatic carbocycles. The molecule has 1 fully saturated rings. The number of nitrogens with one attached hydrogen (secondary N) is 1. The molecular weight excluding hydrogens is 242 g/mol. The van der Waals surface area contributed by atoms with E-state index in [-0.39, 0.29) is 6.10 Å². The molecule has 3 N–H and O–H groups in total. The number of hydrogen-bond acceptors (Lipinski definition) is 4. The first-order valence-electron chi connectivity index (χ1n) is 6.31. The van der Waals surface area contributed by atoms with Gasteiger partial charge in [-0.3, -0.25) is 4.79 Å². The van der Waals surface area contributed by atoms with Crippen molar-refractivity contribution in [2.45, 2.75) is 12.5 Å². The summed E-state index contributed by atoms with van der Waals surface area (Å²) in [5, 5.41) is 4.09. The van der Waals surface area contributed by atoms with Crippen LogP contribution in [0.2, 0.25) is 0 Å². The van der Waals surface area contributed by atoms with E-state index in [0.717, 1.165) is 30.4 Å². The molecule has 0 aliphatic carbocycles. The fraction of sp³-hybridized carbons (Fsp3) is 0.286. The van der Waals surface area contributed by atoms with Gasteiger partial charge < -0.3 is 15.8 Å². The lowest BCUT2D eigenvalue weighted by Gasteiger charge is -2.14. The number of para-hydroxylation sites is 1. The predicted molar refractivity (Wildman–Crippen MR) is 72.2 cm³/mol. The molecule has 98 valence electrons. The Morgan fingerprint density at radius 1 is 1.42 bits per heavy atom. The average Bonchev–Trinajstić information content (AvgIpc) is 2.90. The van der Waals surface area contributed by atoms with Gasteiger partial charge >= 0.3 is 0 Å². The van der Waals surface area contributed by atoms with E-state index < -0.39 is 5.91 Å². The number of hydrogen-bond donors (Lipinski definition) is 2. The Balaban J connectivity index is 2.04. The van der Waals surface area contributed by atoms with Crippen LogP contribution in [0.5, 0.6) is 5.88 Å². The molecule has 5 nitrogen and oxygen atoms in total. The summed E-state index contributed by atoms with van der Waals surface area (Å²) in [6, 6.07) is 9.33. The number of nitrogens with zero attached hydrogens (tertiary/aromatic N) is 1. The first-order chi connectivity index (χ1) is 9.24. The molecule has 0 saturated carbocycles. The number of benzene rings is 1. The van der Waals surface area contributed by atoms with E-state index >= 15 is 0 Å². The van der Waals surface area contributed by atoms with E-state index in [0.29, 0.717) is 11.4 Å². The number of fused-ring (bicyclic) bond motifs is 1. The summed E-state index contributed by atoms with van der Waals surface area (Å²) in [6.45, 7) is 1.69. The highest BCUT2D eigenvalue weighted by atomic mass is 16.5. The van der Waals surface area contributed by atoms with Gasteiger partial charge in [0.05, 0.1) is 5.52 Å². The Morgan fingerprint density at radius 2 is 2.26 bits per heavy atom. The minimum atomic E-state index is -0.515. The predicted octanol–water partition coefficient (Wildman–Crippen LogP) is 1.07. The van der Waals surface area contributed by atoms with Crippen LogP contribution in [0.15, 0.2) is 30.3 Å². The molecule has 2 heterocycles. The van der Waals surface area contributed by atoms with Crippen molar-refractivity contribution >= 4 is 16.8 Å². The third-order valence-corrected chi connectivity index (χ3v) is 3.25. The number of amides is 1. The lowest BCUT2D eigenvalue weighted by atomic mass is 10.1. The SMILES string of the molecule is NC(=O)c1cc2ccccc2nc1OC1CCNC1. The lowest BCUT2D eigenvalue weighted by Crippen LogP contribution is -2.22. The van der Waals surface area contributed by atoms with Crippen molar-refractivity contribution in [1.29, 1.82) is 0 Å². The van der Waals surface area contributed by atoms with E-state index in [9.17, 15) is 4.79 Å². The third kappa shape index (κ3) is 2.37. The Labute approximate surface area is 110 Å². The minimum Gasteiger partial charge on any atom is -0.472 e. The van der Waals surface area contributed by atoms with Crippen molar-refractivity contribution in [2.75, 3.05) is 13.1 Å². The summed E-state index contributed by atoms with van der Waals surface area (Å²) in [6.07, 6.45) is 0.957. The Morgan fingerprint density at radius 3 is 3.00 bits per heavy atom. The number of ether oxygens (including phenoxy) is 1. The van der Waals surface area contributed by atoms with Crippen molar-refractivity contribution in [2.24, 2.45) is 5.73 Å². The molecule has 0 radical (unpaired) electrons. The second kappa shape index (κ2) is 4.85. The Kier molecular flexibility index (Phi) is 3.05. The monoisotopic (exact) mass is 257 g/mol. The first-order valence-corrected chi connectivity index (χ1v) is 6.31. The van der Waals surface area contributed by atoms with Crippen LogP contribution < -0.4 is 15.8 Å². The quantitative estimate of drug-likeness (QED) is 0.862. The van der Waals surface area contributed by atoms with Crippen molar-refractivity contribution < 1.29 is 9.53 Å². The van der Waals surface area contributed by atoms with Crippen LogP contribution in [0, 0.1) is 0 Å². The molecule has 1 unspecified atom stereocenters. The number of rotatable bonds is 3. The molecular formula is C14H15N3O2. The Hall–Kier alpha value is -2.14. The smallest absolute Gasteiger partial charge is 0.254 e. The second-order valence-corrected chi connectivity index (χ2v) is 4.63. The van der Waals surface area contributed by atoms with Gasteiger partial charge in [0.25, 0.3) is 5.91 Å². The van der Waals surface area contributed by atoms with Crippen molar-refractivity contribution in [3.8, 4) is 5.88 Å². The molecule has 1 saturated heterocycles. The van der Waals surface area contributed by atoms with E-state index in [1.807, 2.05) is 24.3 Å². The number of nitrogens with two attached hydrogens (primary N) is 1. The molecule has 1 aliphatic heterocycles. The molecule has 1 amide bonds. The van der Waals surface area contributed by atoms with E-state index in [2.05, 4.69) is 10.3 Å². The second-order valence-electron chi connectivity index (χ2n) is 4.63. The van der Waals surface area contributed by atoms with Gasteiger partial charge in [0.15, 0.2) is 0 Å².